The van der Waals surface area contributed by atoms with Crippen LogP contribution in [-0.2, 0) is 22.6 Å². The van der Waals surface area contributed by atoms with Crippen molar-refractivity contribution in [1.82, 2.24) is 4.90 Å². The van der Waals surface area contributed by atoms with E-state index in [1.807, 2.05) is 4.90 Å². The molecule has 4 heteroatoms. The molecule has 0 atom stereocenters. The normalized spacial score (nSPS) is 14.0. The van der Waals surface area contributed by atoms with E-state index in [0.717, 1.165) is 13.0 Å². The molecule has 0 radical (unpaired) electrons. The van der Waals surface area contributed by atoms with Crippen LogP contribution in [-0.4, -0.2) is 28.4 Å². The van der Waals surface area contributed by atoms with Crippen LogP contribution in [0, 0.1) is 0 Å². The Morgan fingerprint density at radius 3 is 2.64 bits per heavy atom. The van der Waals surface area contributed by atoms with Crippen LogP contribution < -0.4 is 0 Å². The van der Waals surface area contributed by atoms with Crippen LogP contribution in [0.2, 0.25) is 0 Å². The van der Waals surface area contributed by atoms with Crippen molar-refractivity contribution in [2.45, 2.75) is 58.4 Å². The number of carbonyl (C=O) groups excluding carboxylic acids is 1. The molecule has 1 aromatic rings. The topological polar surface area (TPSA) is 57.6 Å². The second kappa shape index (κ2) is 7.43. The van der Waals surface area contributed by atoms with Crippen molar-refractivity contribution in [3.63, 3.8) is 0 Å². The number of benzene rings is 1. The summed E-state index contributed by atoms with van der Waals surface area (Å²) in [6, 6.07) is 6.38. The van der Waals surface area contributed by atoms with E-state index < -0.39 is 5.97 Å². The first kappa shape index (κ1) is 16.5. The first-order valence-corrected chi connectivity index (χ1v) is 8.09. The van der Waals surface area contributed by atoms with E-state index in [1.165, 1.54) is 16.7 Å². The maximum atomic E-state index is 12.2. The highest BCUT2D eigenvalue weighted by molar-refractivity contribution is 5.76. The van der Waals surface area contributed by atoms with Gasteiger partial charge in [-0.15, -0.1) is 0 Å². The third kappa shape index (κ3) is 4.09. The number of hydrogen-bond acceptors (Lipinski definition) is 2. The SMILES string of the molecule is CC(C)c1cccc2c1CCN(C(=O)CCCCC(=O)O)C2. The average molecular weight is 303 g/mol. The van der Waals surface area contributed by atoms with Gasteiger partial charge in [0.15, 0.2) is 0 Å². The molecule has 0 aliphatic carbocycles. The highest BCUT2D eigenvalue weighted by atomic mass is 16.4. The van der Waals surface area contributed by atoms with E-state index in [0.29, 0.717) is 31.7 Å². The van der Waals surface area contributed by atoms with Gasteiger partial charge in [-0.05, 0) is 41.9 Å². The Labute approximate surface area is 132 Å². The summed E-state index contributed by atoms with van der Waals surface area (Å²) in [7, 11) is 0. The van der Waals surface area contributed by atoms with E-state index in [2.05, 4.69) is 32.0 Å². The van der Waals surface area contributed by atoms with Crippen LogP contribution in [0.4, 0.5) is 0 Å². The van der Waals surface area contributed by atoms with E-state index in [1.54, 1.807) is 0 Å². The molecule has 120 valence electrons. The molecule has 0 bridgehead atoms. The maximum absolute atomic E-state index is 12.2. The molecule has 0 saturated heterocycles. The molecule has 0 saturated carbocycles. The largest absolute Gasteiger partial charge is 0.481 e. The summed E-state index contributed by atoms with van der Waals surface area (Å²) in [6.45, 7) is 5.87. The Hall–Kier alpha value is -1.84. The summed E-state index contributed by atoms with van der Waals surface area (Å²) in [4.78, 5) is 24.6. The second-order valence-corrected chi connectivity index (χ2v) is 6.31. The molecule has 0 fully saturated rings. The van der Waals surface area contributed by atoms with Crippen molar-refractivity contribution in [3.8, 4) is 0 Å². The standard InChI is InChI=1S/C18H25NO3/c1-13(2)15-7-5-6-14-12-19(11-10-16(14)15)17(20)8-3-4-9-18(21)22/h5-7,13H,3-4,8-12H2,1-2H3,(H,21,22). The summed E-state index contributed by atoms with van der Waals surface area (Å²) >= 11 is 0. The molecular formula is C18H25NO3. The van der Waals surface area contributed by atoms with Gasteiger partial charge in [0.05, 0.1) is 0 Å². The van der Waals surface area contributed by atoms with E-state index >= 15 is 0 Å². The second-order valence-electron chi connectivity index (χ2n) is 6.31. The van der Waals surface area contributed by atoms with Crippen LogP contribution in [0.15, 0.2) is 18.2 Å². The molecule has 1 aliphatic heterocycles. The summed E-state index contributed by atoms with van der Waals surface area (Å²) in [6.07, 6.45) is 2.74. The summed E-state index contributed by atoms with van der Waals surface area (Å²) in [5.74, 6) is -0.139. The van der Waals surface area contributed by atoms with Gasteiger partial charge in [0.2, 0.25) is 5.91 Å². The number of nitrogens with zero attached hydrogens (tertiary/aromatic N) is 1. The number of unbranched alkanes of at least 4 members (excludes halogenated alkanes) is 1. The zero-order valence-electron chi connectivity index (χ0n) is 13.5. The summed E-state index contributed by atoms with van der Waals surface area (Å²) in [5.41, 5.74) is 4.06. The number of hydrogen-bond donors (Lipinski definition) is 1. The predicted octanol–water partition coefficient (Wildman–Crippen LogP) is 3.34. The molecule has 1 N–H and O–H groups in total. The molecule has 2 rings (SSSR count). The van der Waals surface area contributed by atoms with Crippen LogP contribution >= 0.6 is 0 Å². The fraction of sp³-hybridized carbons (Fsp3) is 0.556. The minimum Gasteiger partial charge on any atom is -0.481 e. The number of carbonyl (C=O) groups is 2. The highest BCUT2D eigenvalue weighted by Gasteiger charge is 2.22. The zero-order chi connectivity index (χ0) is 16.1. The van der Waals surface area contributed by atoms with Gasteiger partial charge in [0, 0.05) is 25.9 Å². The van der Waals surface area contributed by atoms with Crippen LogP contribution in [0.1, 0.15) is 62.1 Å². The summed E-state index contributed by atoms with van der Waals surface area (Å²) in [5, 5.41) is 8.61. The Bertz CT molecular complexity index is 551. The Morgan fingerprint density at radius 1 is 1.23 bits per heavy atom. The van der Waals surface area contributed by atoms with Crippen molar-refractivity contribution < 1.29 is 14.7 Å². The predicted molar refractivity (Wildman–Crippen MR) is 85.8 cm³/mol. The molecule has 1 aliphatic rings. The quantitative estimate of drug-likeness (QED) is 0.820. The Kier molecular flexibility index (Phi) is 5.58. The molecule has 1 heterocycles. The van der Waals surface area contributed by atoms with Gasteiger partial charge in [0.25, 0.3) is 0 Å². The molecule has 0 spiro atoms. The van der Waals surface area contributed by atoms with Gasteiger partial charge in [-0.25, -0.2) is 0 Å². The molecule has 0 aromatic heterocycles. The Morgan fingerprint density at radius 2 is 1.95 bits per heavy atom. The average Bonchev–Trinajstić information content (AvgIpc) is 2.49. The van der Waals surface area contributed by atoms with Gasteiger partial charge < -0.3 is 10.0 Å². The fourth-order valence-corrected chi connectivity index (χ4v) is 3.10. The van der Waals surface area contributed by atoms with Crippen molar-refractivity contribution >= 4 is 11.9 Å². The number of aliphatic carboxylic acids is 1. The van der Waals surface area contributed by atoms with Crippen molar-refractivity contribution in [2.24, 2.45) is 0 Å². The first-order chi connectivity index (χ1) is 10.5. The zero-order valence-corrected chi connectivity index (χ0v) is 13.5. The minimum absolute atomic E-state index is 0.144. The fourth-order valence-electron chi connectivity index (χ4n) is 3.10. The smallest absolute Gasteiger partial charge is 0.303 e. The van der Waals surface area contributed by atoms with E-state index in [4.69, 9.17) is 5.11 Å². The van der Waals surface area contributed by atoms with Crippen LogP contribution in [0.5, 0.6) is 0 Å². The number of carboxylic acid groups (broad SMARTS) is 1. The molecule has 22 heavy (non-hydrogen) atoms. The lowest BCUT2D eigenvalue weighted by atomic mass is 9.89. The summed E-state index contributed by atoms with van der Waals surface area (Å²) < 4.78 is 0. The maximum Gasteiger partial charge on any atom is 0.303 e. The van der Waals surface area contributed by atoms with Crippen molar-refractivity contribution in [1.29, 1.82) is 0 Å². The molecular weight excluding hydrogens is 278 g/mol. The van der Waals surface area contributed by atoms with Crippen LogP contribution in [0.3, 0.4) is 0 Å². The molecule has 4 nitrogen and oxygen atoms in total. The van der Waals surface area contributed by atoms with E-state index in [9.17, 15) is 9.59 Å². The van der Waals surface area contributed by atoms with Crippen LogP contribution in [0.25, 0.3) is 0 Å². The number of rotatable bonds is 6. The molecule has 1 aromatic carbocycles. The first-order valence-electron chi connectivity index (χ1n) is 8.09. The van der Waals surface area contributed by atoms with E-state index in [-0.39, 0.29) is 12.3 Å². The lowest BCUT2D eigenvalue weighted by molar-refractivity contribution is -0.137. The minimum atomic E-state index is -0.791. The number of fused-ring (bicyclic) bond motifs is 1. The van der Waals surface area contributed by atoms with Crippen molar-refractivity contribution in [3.05, 3.63) is 34.9 Å². The van der Waals surface area contributed by atoms with Gasteiger partial charge in [-0.1, -0.05) is 32.0 Å². The molecule has 1 amide bonds. The number of carboxylic acids is 1. The van der Waals surface area contributed by atoms with Gasteiger partial charge in [-0.2, -0.15) is 0 Å². The monoisotopic (exact) mass is 303 g/mol. The number of amides is 1. The third-order valence-corrected chi connectivity index (χ3v) is 4.31. The van der Waals surface area contributed by atoms with Gasteiger partial charge in [-0.3, -0.25) is 9.59 Å². The lowest BCUT2D eigenvalue weighted by Crippen LogP contribution is -2.36. The van der Waals surface area contributed by atoms with Gasteiger partial charge in [0.1, 0.15) is 0 Å². The third-order valence-electron chi connectivity index (χ3n) is 4.31. The van der Waals surface area contributed by atoms with Gasteiger partial charge >= 0.3 is 5.97 Å². The Balaban J connectivity index is 1.93. The molecule has 0 unspecified atom stereocenters. The highest BCUT2D eigenvalue weighted by Crippen LogP contribution is 2.27. The van der Waals surface area contributed by atoms with Crippen molar-refractivity contribution in [2.75, 3.05) is 6.54 Å². The lowest BCUT2D eigenvalue weighted by Gasteiger charge is -2.31.